The predicted octanol–water partition coefficient (Wildman–Crippen LogP) is 6.68. The summed E-state index contributed by atoms with van der Waals surface area (Å²) in [6.45, 7) is 9.35. The van der Waals surface area contributed by atoms with E-state index in [2.05, 4.69) is 55.0 Å². The van der Waals surface area contributed by atoms with Gasteiger partial charge in [-0.25, -0.2) is 9.67 Å². The average molecular weight is 724 g/mol. The summed E-state index contributed by atoms with van der Waals surface area (Å²) >= 11 is 6.11. The highest BCUT2D eigenvalue weighted by molar-refractivity contribution is 7.81. The molecule has 2 atom stereocenters. The third-order valence-corrected chi connectivity index (χ3v) is 9.50. The number of nitrogens with one attached hydrogen (secondary N) is 3. The van der Waals surface area contributed by atoms with Gasteiger partial charge in [-0.15, -0.1) is 15.3 Å². The molecule has 0 saturated heterocycles. The van der Waals surface area contributed by atoms with E-state index in [-0.39, 0.29) is 47.2 Å². The zero-order chi connectivity index (χ0) is 36.1. The standard InChI is InChI=1S/C33H45N11O4S2/c1-7-33(49,8-2)16-26(45)48-15-11-14-35-29-27(30(36-21(3)19-46-5)40-31(39-29)37-22(4)20-47-6)41-42-28-23(17-34)18-44(43-28)32-38-24-12-9-10-13-25(24)50-32/h9-10,12-13,18,21-22,49H,7-8,11,14-16,19-20H2,1-6H3,(H3,35,36,37,39,40)/b42-41-. The lowest BCUT2D eigenvalue weighted by Crippen LogP contribution is -2.25. The smallest absolute Gasteiger partial charge is 0.307 e. The molecule has 0 saturated carbocycles. The SMILES string of the molecule is CCC(S)(CC)CC(=O)OCCCNc1nc(NC(C)COC)nc(NC(C)COC)c1/N=N\c1nn(-c2nc3ccccc3s2)cc1C#N. The van der Waals surface area contributed by atoms with E-state index in [1.54, 1.807) is 20.4 Å². The number of rotatable bonds is 20. The molecule has 15 nitrogen and oxygen atoms in total. The number of azo groups is 1. The van der Waals surface area contributed by atoms with Gasteiger partial charge >= 0.3 is 5.97 Å². The summed E-state index contributed by atoms with van der Waals surface area (Å²) in [6.07, 6.45) is 3.86. The first-order valence-corrected chi connectivity index (χ1v) is 17.7. The van der Waals surface area contributed by atoms with Crippen molar-refractivity contribution in [2.45, 2.75) is 70.2 Å². The van der Waals surface area contributed by atoms with Gasteiger partial charge in [0, 0.05) is 37.6 Å². The van der Waals surface area contributed by atoms with E-state index in [4.69, 9.17) is 24.2 Å². The molecule has 268 valence electrons. The summed E-state index contributed by atoms with van der Waals surface area (Å²) in [7, 11) is 3.24. The van der Waals surface area contributed by atoms with Crippen LogP contribution in [0.25, 0.3) is 15.3 Å². The van der Waals surface area contributed by atoms with Crippen molar-refractivity contribution in [2.75, 3.05) is 56.5 Å². The van der Waals surface area contributed by atoms with Crippen LogP contribution in [0.4, 0.5) is 29.1 Å². The Morgan fingerprint density at radius 3 is 2.44 bits per heavy atom. The molecule has 4 rings (SSSR count). The molecule has 4 aromatic rings. The lowest BCUT2D eigenvalue weighted by atomic mass is 9.98. The highest BCUT2D eigenvalue weighted by Gasteiger charge is 2.25. The maximum Gasteiger partial charge on any atom is 0.307 e. The van der Waals surface area contributed by atoms with Crippen molar-refractivity contribution in [3.63, 3.8) is 0 Å². The number of thiol groups is 1. The molecule has 50 heavy (non-hydrogen) atoms. The topological polar surface area (TPSA) is 186 Å². The van der Waals surface area contributed by atoms with Gasteiger partial charge in [0.1, 0.15) is 11.6 Å². The summed E-state index contributed by atoms with van der Waals surface area (Å²) in [5, 5.41) is 33.9. The number of carbonyl (C=O) groups is 1. The summed E-state index contributed by atoms with van der Waals surface area (Å²) in [4.78, 5) is 26.5. The third-order valence-electron chi connectivity index (χ3n) is 7.68. The van der Waals surface area contributed by atoms with Gasteiger partial charge in [-0.2, -0.15) is 27.9 Å². The number of anilines is 3. The Balaban J connectivity index is 1.63. The number of fused-ring (bicyclic) bond motifs is 1. The normalized spacial score (nSPS) is 12.9. The van der Waals surface area contributed by atoms with E-state index in [1.807, 2.05) is 52.0 Å². The number of methoxy groups -OCH3 is 2. The van der Waals surface area contributed by atoms with Crippen molar-refractivity contribution in [3.8, 4) is 11.2 Å². The molecule has 1 aromatic carbocycles. The number of hydrogen-bond donors (Lipinski definition) is 4. The minimum atomic E-state index is -0.376. The Morgan fingerprint density at radius 2 is 1.76 bits per heavy atom. The van der Waals surface area contributed by atoms with Gasteiger partial charge in [-0.05, 0) is 45.2 Å². The second-order valence-corrected chi connectivity index (χ2v) is 13.7. The summed E-state index contributed by atoms with van der Waals surface area (Å²) in [6, 6.07) is 9.65. The number of nitrogens with zero attached hydrogens (tertiary/aromatic N) is 8. The fourth-order valence-electron chi connectivity index (χ4n) is 4.83. The third kappa shape index (κ3) is 10.6. The lowest BCUT2D eigenvalue weighted by molar-refractivity contribution is -0.144. The first-order chi connectivity index (χ1) is 24.1. The first-order valence-electron chi connectivity index (χ1n) is 16.4. The molecule has 0 aliphatic rings. The second-order valence-electron chi connectivity index (χ2n) is 11.8. The number of benzene rings is 1. The van der Waals surface area contributed by atoms with Crippen LogP contribution in [0.5, 0.6) is 0 Å². The molecule has 2 unspecified atom stereocenters. The molecule has 0 aliphatic heterocycles. The maximum atomic E-state index is 12.5. The van der Waals surface area contributed by atoms with Crippen molar-refractivity contribution in [1.29, 1.82) is 5.26 Å². The summed E-state index contributed by atoms with van der Waals surface area (Å²) in [5.41, 5.74) is 1.34. The Morgan fingerprint density at radius 1 is 1.06 bits per heavy atom. The largest absolute Gasteiger partial charge is 0.466 e. The number of nitriles is 1. The Labute approximate surface area is 301 Å². The van der Waals surface area contributed by atoms with E-state index in [0.29, 0.717) is 54.6 Å². The number of hydrogen-bond acceptors (Lipinski definition) is 16. The zero-order valence-electron chi connectivity index (χ0n) is 29.3. The molecule has 0 aliphatic carbocycles. The Hall–Kier alpha value is -4.37. The van der Waals surface area contributed by atoms with E-state index in [9.17, 15) is 10.1 Å². The van der Waals surface area contributed by atoms with Gasteiger partial charge < -0.3 is 30.2 Å². The minimum Gasteiger partial charge on any atom is -0.466 e. The van der Waals surface area contributed by atoms with Crippen molar-refractivity contribution in [2.24, 2.45) is 10.2 Å². The Bertz CT molecular complexity index is 1750. The number of carbonyl (C=O) groups excluding carboxylic acids is 1. The van der Waals surface area contributed by atoms with Crippen LogP contribution in [0.1, 0.15) is 58.9 Å². The highest BCUT2D eigenvalue weighted by Crippen LogP contribution is 2.35. The molecule has 3 N–H and O–H groups in total. The number of aromatic nitrogens is 5. The lowest BCUT2D eigenvalue weighted by Gasteiger charge is -2.24. The molecule has 0 radical (unpaired) electrons. The second kappa shape index (κ2) is 18.6. The fraction of sp³-hybridized carbons (Fsp3) is 0.515. The molecular formula is C33H45N11O4S2. The van der Waals surface area contributed by atoms with E-state index in [1.165, 1.54) is 16.0 Å². The molecule has 3 aromatic heterocycles. The molecule has 0 spiro atoms. The van der Waals surface area contributed by atoms with E-state index < -0.39 is 0 Å². The molecule has 0 fully saturated rings. The van der Waals surface area contributed by atoms with Crippen LogP contribution in [0, 0.1) is 11.3 Å². The van der Waals surface area contributed by atoms with Gasteiger partial charge in [0.05, 0.1) is 42.7 Å². The van der Waals surface area contributed by atoms with Gasteiger partial charge in [0.2, 0.25) is 16.9 Å². The van der Waals surface area contributed by atoms with Crippen LogP contribution in [0.2, 0.25) is 0 Å². The van der Waals surface area contributed by atoms with E-state index in [0.717, 1.165) is 23.1 Å². The van der Waals surface area contributed by atoms with Crippen molar-refractivity contribution in [1.82, 2.24) is 24.7 Å². The quantitative estimate of drug-likeness (QED) is 0.0329. The molecule has 0 bridgehead atoms. The van der Waals surface area contributed by atoms with Gasteiger partial charge in [0.25, 0.3) is 0 Å². The molecular weight excluding hydrogens is 679 g/mol. The molecule has 17 heteroatoms. The van der Waals surface area contributed by atoms with Crippen LogP contribution in [0.15, 0.2) is 40.7 Å². The van der Waals surface area contributed by atoms with Crippen LogP contribution < -0.4 is 16.0 Å². The predicted molar refractivity (Wildman–Crippen MR) is 199 cm³/mol. The average Bonchev–Trinajstić information content (AvgIpc) is 3.72. The Kier molecular flexibility index (Phi) is 14.3. The number of esters is 1. The van der Waals surface area contributed by atoms with Crippen molar-refractivity contribution in [3.05, 3.63) is 36.0 Å². The highest BCUT2D eigenvalue weighted by atomic mass is 32.1. The van der Waals surface area contributed by atoms with Crippen molar-refractivity contribution >= 4 is 69.2 Å². The summed E-state index contributed by atoms with van der Waals surface area (Å²) in [5.74, 6) is 0.899. The van der Waals surface area contributed by atoms with Gasteiger partial charge in [-0.3, -0.25) is 4.79 Å². The number of thiazole rings is 1. The number of ether oxygens (including phenoxy) is 3. The van der Waals surface area contributed by atoms with Crippen LogP contribution in [0.3, 0.4) is 0 Å². The maximum absolute atomic E-state index is 12.5. The van der Waals surface area contributed by atoms with E-state index >= 15 is 0 Å². The zero-order valence-corrected chi connectivity index (χ0v) is 31.0. The summed E-state index contributed by atoms with van der Waals surface area (Å²) < 4.78 is 18.3. The van der Waals surface area contributed by atoms with Gasteiger partial charge in [0.15, 0.2) is 17.3 Å². The van der Waals surface area contributed by atoms with Crippen LogP contribution in [-0.2, 0) is 19.0 Å². The first kappa shape index (κ1) is 38.4. The molecule has 3 heterocycles. The van der Waals surface area contributed by atoms with Crippen molar-refractivity contribution < 1.29 is 19.0 Å². The number of para-hydroxylation sites is 1. The minimum absolute atomic E-state index is 0.0983. The van der Waals surface area contributed by atoms with Crippen LogP contribution in [-0.4, -0.2) is 88.1 Å². The van der Waals surface area contributed by atoms with Gasteiger partial charge in [-0.1, -0.05) is 37.3 Å². The molecule has 0 amide bonds. The fourth-order valence-corrected chi connectivity index (χ4v) is 5.85. The van der Waals surface area contributed by atoms with Crippen LogP contribution >= 0.6 is 24.0 Å². The monoisotopic (exact) mass is 723 g/mol.